The summed E-state index contributed by atoms with van der Waals surface area (Å²) in [6.45, 7) is 0. The molecule has 0 bridgehead atoms. The van der Waals surface area contributed by atoms with E-state index in [9.17, 15) is 9.90 Å². The van der Waals surface area contributed by atoms with Crippen molar-refractivity contribution < 1.29 is 5.11 Å². The van der Waals surface area contributed by atoms with Crippen molar-refractivity contribution in [2.45, 2.75) is 69.9 Å². The molecule has 2 aliphatic carbocycles. The van der Waals surface area contributed by atoms with E-state index in [1.807, 2.05) is 0 Å². The minimum absolute atomic E-state index is 0.0295. The Labute approximate surface area is 107 Å². The molecular weight excluding hydrogens is 228 g/mol. The minimum Gasteiger partial charge on any atom is -0.391 e. The van der Waals surface area contributed by atoms with Crippen LogP contribution < -0.4 is 5.56 Å². The Balaban J connectivity index is 1.95. The molecule has 18 heavy (non-hydrogen) atoms. The topological polar surface area (TPSA) is 58.0 Å². The van der Waals surface area contributed by atoms with Crippen LogP contribution in [0.3, 0.4) is 0 Å². The SMILES string of the molecule is O=c1c2c([nH]n1C1CCCCC1O)CCCCC2. The number of aromatic nitrogens is 2. The second kappa shape index (κ2) is 4.92. The number of fused-ring (bicyclic) bond motifs is 1. The number of aromatic amines is 1. The van der Waals surface area contributed by atoms with Gasteiger partial charge >= 0.3 is 0 Å². The van der Waals surface area contributed by atoms with Crippen molar-refractivity contribution in [3.8, 4) is 0 Å². The quantitative estimate of drug-likeness (QED) is 0.748. The molecule has 2 aliphatic rings. The molecule has 100 valence electrons. The van der Waals surface area contributed by atoms with Gasteiger partial charge in [-0.2, -0.15) is 0 Å². The van der Waals surface area contributed by atoms with Gasteiger partial charge in [0.15, 0.2) is 0 Å². The fourth-order valence-electron chi connectivity index (χ4n) is 3.41. The second-order valence-electron chi connectivity index (χ2n) is 5.72. The van der Waals surface area contributed by atoms with E-state index in [2.05, 4.69) is 5.10 Å². The first kappa shape index (κ1) is 12.0. The van der Waals surface area contributed by atoms with Gasteiger partial charge in [0.25, 0.3) is 5.56 Å². The molecular formula is C14H22N2O2. The molecule has 4 heteroatoms. The highest BCUT2D eigenvalue weighted by Gasteiger charge is 2.28. The smallest absolute Gasteiger partial charge is 0.270 e. The van der Waals surface area contributed by atoms with Crippen molar-refractivity contribution in [3.05, 3.63) is 21.6 Å². The van der Waals surface area contributed by atoms with E-state index < -0.39 is 0 Å². The van der Waals surface area contributed by atoms with Gasteiger partial charge in [-0.05, 0) is 38.5 Å². The predicted octanol–water partition coefficient (Wildman–Crippen LogP) is 1.92. The average Bonchev–Trinajstić information content (AvgIpc) is 2.56. The Morgan fingerprint density at radius 2 is 1.83 bits per heavy atom. The van der Waals surface area contributed by atoms with Crippen molar-refractivity contribution in [3.63, 3.8) is 0 Å². The van der Waals surface area contributed by atoms with Gasteiger partial charge in [0.1, 0.15) is 0 Å². The Bertz CT molecular complexity index is 475. The van der Waals surface area contributed by atoms with Crippen molar-refractivity contribution >= 4 is 0 Å². The summed E-state index contributed by atoms with van der Waals surface area (Å²) in [5.41, 5.74) is 2.22. The molecule has 0 radical (unpaired) electrons. The molecule has 2 unspecified atom stereocenters. The van der Waals surface area contributed by atoms with E-state index in [0.717, 1.165) is 56.2 Å². The number of hydrogen-bond donors (Lipinski definition) is 2. The summed E-state index contributed by atoms with van der Waals surface area (Å²) in [4.78, 5) is 12.4. The lowest BCUT2D eigenvalue weighted by molar-refractivity contribution is 0.0676. The number of aliphatic hydroxyl groups is 1. The first-order valence-electron chi connectivity index (χ1n) is 7.27. The standard InChI is InChI=1S/C14H22N2O2/c17-13-9-5-4-8-12(13)16-14(18)10-6-2-1-3-7-11(10)15-16/h12-13,15,17H,1-9H2. The molecule has 3 rings (SSSR count). The molecule has 0 spiro atoms. The third-order valence-electron chi connectivity index (χ3n) is 4.48. The van der Waals surface area contributed by atoms with E-state index in [0.29, 0.717) is 0 Å². The van der Waals surface area contributed by atoms with Crippen LogP contribution in [-0.4, -0.2) is 21.0 Å². The van der Waals surface area contributed by atoms with Crippen molar-refractivity contribution in [1.82, 2.24) is 9.78 Å². The summed E-state index contributed by atoms with van der Waals surface area (Å²) < 4.78 is 1.72. The lowest BCUT2D eigenvalue weighted by Gasteiger charge is -2.27. The maximum absolute atomic E-state index is 12.4. The highest BCUT2D eigenvalue weighted by molar-refractivity contribution is 5.19. The fraction of sp³-hybridized carbons (Fsp3) is 0.786. The van der Waals surface area contributed by atoms with E-state index in [-0.39, 0.29) is 17.7 Å². The van der Waals surface area contributed by atoms with Crippen LogP contribution in [0.1, 0.15) is 62.2 Å². The van der Waals surface area contributed by atoms with Crippen molar-refractivity contribution in [1.29, 1.82) is 0 Å². The second-order valence-corrected chi connectivity index (χ2v) is 5.72. The zero-order valence-corrected chi connectivity index (χ0v) is 10.8. The number of H-pyrrole nitrogens is 1. The van der Waals surface area contributed by atoms with Crippen LogP contribution in [0.2, 0.25) is 0 Å². The van der Waals surface area contributed by atoms with Gasteiger partial charge in [0.05, 0.1) is 12.1 Å². The maximum Gasteiger partial charge on any atom is 0.270 e. The number of hydrogen-bond acceptors (Lipinski definition) is 2. The zero-order chi connectivity index (χ0) is 12.5. The number of nitrogens with one attached hydrogen (secondary N) is 1. The number of aryl methyl sites for hydroxylation is 1. The number of aliphatic hydroxyl groups excluding tert-OH is 1. The predicted molar refractivity (Wildman–Crippen MR) is 69.8 cm³/mol. The maximum atomic E-state index is 12.4. The molecule has 4 nitrogen and oxygen atoms in total. The average molecular weight is 250 g/mol. The largest absolute Gasteiger partial charge is 0.391 e. The van der Waals surface area contributed by atoms with Crippen LogP contribution in [0.15, 0.2) is 4.79 Å². The Morgan fingerprint density at radius 1 is 1.06 bits per heavy atom. The van der Waals surface area contributed by atoms with Crippen LogP contribution in [0.25, 0.3) is 0 Å². The summed E-state index contributed by atoms with van der Waals surface area (Å²) in [6, 6.07) is -0.0295. The van der Waals surface area contributed by atoms with Gasteiger partial charge in [-0.25, -0.2) is 4.68 Å². The minimum atomic E-state index is -0.362. The molecule has 1 heterocycles. The van der Waals surface area contributed by atoms with E-state index in [1.54, 1.807) is 4.68 Å². The normalized spacial score (nSPS) is 28.7. The molecule has 0 saturated heterocycles. The highest BCUT2D eigenvalue weighted by Crippen LogP contribution is 2.28. The highest BCUT2D eigenvalue weighted by atomic mass is 16.3. The lowest BCUT2D eigenvalue weighted by Crippen LogP contribution is -2.34. The molecule has 1 aromatic heterocycles. The Morgan fingerprint density at radius 3 is 2.67 bits per heavy atom. The van der Waals surface area contributed by atoms with E-state index >= 15 is 0 Å². The van der Waals surface area contributed by atoms with Crippen LogP contribution in [0, 0.1) is 0 Å². The molecule has 1 saturated carbocycles. The summed E-state index contributed by atoms with van der Waals surface area (Å²) >= 11 is 0. The van der Waals surface area contributed by atoms with Crippen molar-refractivity contribution in [2.24, 2.45) is 0 Å². The van der Waals surface area contributed by atoms with Gasteiger partial charge in [-0.15, -0.1) is 0 Å². The summed E-state index contributed by atoms with van der Waals surface area (Å²) in [5, 5.41) is 13.4. The molecule has 2 N–H and O–H groups in total. The molecule has 2 atom stereocenters. The zero-order valence-electron chi connectivity index (χ0n) is 10.8. The van der Waals surface area contributed by atoms with Gasteiger partial charge in [0.2, 0.25) is 0 Å². The third kappa shape index (κ3) is 2.03. The van der Waals surface area contributed by atoms with Crippen LogP contribution in [0.4, 0.5) is 0 Å². The molecule has 1 aromatic rings. The molecule has 0 aliphatic heterocycles. The first-order valence-corrected chi connectivity index (χ1v) is 7.27. The van der Waals surface area contributed by atoms with Gasteiger partial charge in [0, 0.05) is 11.3 Å². The number of nitrogens with zero attached hydrogens (tertiary/aromatic N) is 1. The van der Waals surface area contributed by atoms with Crippen LogP contribution in [0.5, 0.6) is 0 Å². The third-order valence-corrected chi connectivity index (χ3v) is 4.48. The summed E-state index contributed by atoms with van der Waals surface area (Å²) in [6.07, 6.45) is 8.95. The molecule has 0 amide bonds. The number of rotatable bonds is 1. The van der Waals surface area contributed by atoms with E-state index in [4.69, 9.17) is 0 Å². The molecule has 0 aromatic carbocycles. The van der Waals surface area contributed by atoms with Crippen LogP contribution >= 0.6 is 0 Å². The fourth-order valence-corrected chi connectivity index (χ4v) is 3.41. The van der Waals surface area contributed by atoms with Gasteiger partial charge in [-0.3, -0.25) is 9.89 Å². The van der Waals surface area contributed by atoms with E-state index in [1.165, 1.54) is 12.8 Å². The lowest BCUT2D eigenvalue weighted by atomic mass is 9.93. The summed E-state index contributed by atoms with van der Waals surface area (Å²) in [5.74, 6) is 0. The monoisotopic (exact) mass is 250 g/mol. The van der Waals surface area contributed by atoms with Gasteiger partial charge < -0.3 is 5.11 Å². The molecule has 1 fully saturated rings. The summed E-state index contributed by atoms with van der Waals surface area (Å²) in [7, 11) is 0. The Hall–Kier alpha value is -1.03. The van der Waals surface area contributed by atoms with Crippen molar-refractivity contribution in [2.75, 3.05) is 0 Å². The first-order chi connectivity index (χ1) is 8.77. The van der Waals surface area contributed by atoms with Crippen LogP contribution in [-0.2, 0) is 12.8 Å². The Kier molecular flexibility index (Phi) is 3.29. The van der Waals surface area contributed by atoms with Gasteiger partial charge in [-0.1, -0.05) is 19.3 Å².